The first kappa shape index (κ1) is 18.9. The molecular formula is C16H25N5O5. The Kier molecular flexibility index (Phi) is 6.33. The zero-order valence-electron chi connectivity index (χ0n) is 14.7. The van der Waals surface area contributed by atoms with Gasteiger partial charge in [-0.1, -0.05) is 6.92 Å². The first-order valence-corrected chi connectivity index (χ1v) is 8.79. The summed E-state index contributed by atoms with van der Waals surface area (Å²) in [4.78, 5) is 12.7. The number of ether oxygens (including phenoxy) is 2. The summed E-state index contributed by atoms with van der Waals surface area (Å²) in [5.41, 5.74) is 1.01. The van der Waals surface area contributed by atoms with Crippen LogP contribution in [0.3, 0.4) is 0 Å². The van der Waals surface area contributed by atoms with Crippen LogP contribution in [0.5, 0.6) is 0 Å². The number of imidazole rings is 1. The Morgan fingerprint density at radius 3 is 2.81 bits per heavy atom. The van der Waals surface area contributed by atoms with E-state index in [1.54, 1.807) is 0 Å². The van der Waals surface area contributed by atoms with Crippen molar-refractivity contribution in [2.24, 2.45) is 0 Å². The molecule has 2 aromatic rings. The van der Waals surface area contributed by atoms with Crippen LogP contribution in [0, 0.1) is 0 Å². The van der Waals surface area contributed by atoms with Crippen molar-refractivity contribution in [3.63, 3.8) is 0 Å². The summed E-state index contributed by atoms with van der Waals surface area (Å²) in [7, 11) is 0. The van der Waals surface area contributed by atoms with Gasteiger partial charge in [0.05, 0.1) is 12.9 Å². The standard InChI is InChI=1S/C16H25N5O5/c1-2-5-25-6-3-4-17-14-11-15(19-8-18-14)21(9-20-11)16-13(24)12(23)10(7-22)26-16/h8-10,12-13,16,22-24H,2-7H2,1H3,(H,17,18,19). The van der Waals surface area contributed by atoms with Crippen molar-refractivity contribution >= 4 is 17.0 Å². The third kappa shape index (κ3) is 3.79. The molecule has 1 saturated heterocycles. The summed E-state index contributed by atoms with van der Waals surface area (Å²) in [6, 6.07) is 0. The van der Waals surface area contributed by atoms with Gasteiger partial charge in [-0.05, 0) is 12.8 Å². The maximum atomic E-state index is 10.2. The topological polar surface area (TPSA) is 135 Å². The van der Waals surface area contributed by atoms with Crippen molar-refractivity contribution in [1.82, 2.24) is 19.5 Å². The molecule has 144 valence electrons. The molecule has 0 spiro atoms. The molecule has 10 heteroatoms. The smallest absolute Gasteiger partial charge is 0.167 e. The second kappa shape index (κ2) is 8.69. The molecule has 0 aliphatic carbocycles. The van der Waals surface area contributed by atoms with Crippen LogP contribution in [0.25, 0.3) is 11.2 Å². The Labute approximate surface area is 150 Å². The Morgan fingerprint density at radius 1 is 1.23 bits per heavy atom. The van der Waals surface area contributed by atoms with Crippen LogP contribution in [0.2, 0.25) is 0 Å². The predicted octanol–water partition coefficient (Wildman–Crippen LogP) is -0.334. The second-order valence-electron chi connectivity index (χ2n) is 6.17. The molecular weight excluding hydrogens is 342 g/mol. The molecule has 26 heavy (non-hydrogen) atoms. The van der Waals surface area contributed by atoms with E-state index in [0.717, 1.165) is 19.4 Å². The molecule has 0 bridgehead atoms. The summed E-state index contributed by atoms with van der Waals surface area (Å²) in [5.74, 6) is 0.580. The summed E-state index contributed by atoms with van der Waals surface area (Å²) in [5, 5.41) is 32.6. The normalized spacial score (nSPS) is 25.8. The van der Waals surface area contributed by atoms with Crippen molar-refractivity contribution in [2.75, 3.05) is 31.7 Å². The van der Waals surface area contributed by atoms with Crippen LogP contribution < -0.4 is 5.32 Å². The van der Waals surface area contributed by atoms with Gasteiger partial charge in [0.15, 0.2) is 23.2 Å². The minimum atomic E-state index is -1.19. The molecule has 3 heterocycles. The summed E-state index contributed by atoms with van der Waals surface area (Å²) in [6.45, 7) is 3.79. The molecule has 10 nitrogen and oxygen atoms in total. The van der Waals surface area contributed by atoms with Crippen molar-refractivity contribution in [2.45, 2.75) is 44.3 Å². The number of hydrogen-bond donors (Lipinski definition) is 4. The van der Waals surface area contributed by atoms with Gasteiger partial charge in [-0.2, -0.15) is 0 Å². The fourth-order valence-electron chi connectivity index (χ4n) is 2.90. The highest BCUT2D eigenvalue weighted by Gasteiger charge is 2.44. The fourth-order valence-corrected chi connectivity index (χ4v) is 2.90. The average molecular weight is 367 g/mol. The number of aromatic nitrogens is 4. The Bertz CT molecular complexity index is 711. The molecule has 4 atom stereocenters. The molecule has 3 rings (SSSR count). The zero-order chi connectivity index (χ0) is 18.5. The number of fused-ring (bicyclic) bond motifs is 1. The minimum absolute atomic E-state index is 0.386. The molecule has 4 N–H and O–H groups in total. The first-order chi connectivity index (χ1) is 12.7. The van der Waals surface area contributed by atoms with Crippen molar-refractivity contribution in [3.8, 4) is 0 Å². The first-order valence-electron chi connectivity index (χ1n) is 8.79. The Balaban J connectivity index is 1.71. The molecule has 1 fully saturated rings. The number of nitrogens with zero attached hydrogens (tertiary/aromatic N) is 4. The number of anilines is 1. The average Bonchev–Trinajstić information content (AvgIpc) is 3.20. The van der Waals surface area contributed by atoms with Crippen LogP contribution in [0.1, 0.15) is 26.0 Å². The molecule has 0 aromatic carbocycles. The van der Waals surface area contributed by atoms with E-state index in [1.807, 2.05) is 0 Å². The largest absolute Gasteiger partial charge is 0.394 e. The Hall–Kier alpha value is -1.85. The predicted molar refractivity (Wildman–Crippen MR) is 92.5 cm³/mol. The summed E-state index contributed by atoms with van der Waals surface area (Å²) in [6.07, 6.45) is 0.621. The van der Waals surface area contributed by atoms with Gasteiger partial charge in [0.1, 0.15) is 24.6 Å². The number of nitrogens with one attached hydrogen (secondary N) is 1. The lowest BCUT2D eigenvalue weighted by Crippen LogP contribution is -2.33. The van der Waals surface area contributed by atoms with E-state index in [2.05, 4.69) is 27.2 Å². The van der Waals surface area contributed by atoms with Gasteiger partial charge in [-0.15, -0.1) is 0 Å². The van der Waals surface area contributed by atoms with E-state index in [-0.39, 0.29) is 6.61 Å². The monoisotopic (exact) mass is 367 g/mol. The highest BCUT2D eigenvalue weighted by molar-refractivity contribution is 5.82. The molecule has 4 unspecified atom stereocenters. The molecule has 0 amide bonds. The van der Waals surface area contributed by atoms with E-state index >= 15 is 0 Å². The van der Waals surface area contributed by atoms with E-state index in [1.165, 1.54) is 17.2 Å². The number of aliphatic hydroxyl groups excluding tert-OH is 3. The molecule has 2 aromatic heterocycles. The SMILES string of the molecule is CCCOCCCNc1ncnc2c1ncn2C1OC(CO)C(O)C1O. The van der Waals surface area contributed by atoms with E-state index in [9.17, 15) is 15.3 Å². The van der Waals surface area contributed by atoms with Crippen molar-refractivity contribution in [1.29, 1.82) is 0 Å². The van der Waals surface area contributed by atoms with E-state index < -0.39 is 24.5 Å². The lowest BCUT2D eigenvalue weighted by atomic mass is 10.1. The summed E-state index contributed by atoms with van der Waals surface area (Å²) >= 11 is 0. The van der Waals surface area contributed by atoms with Gasteiger partial charge < -0.3 is 30.1 Å². The van der Waals surface area contributed by atoms with Crippen LogP contribution in [-0.4, -0.2) is 79.5 Å². The van der Waals surface area contributed by atoms with E-state index in [0.29, 0.717) is 30.1 Å². The van der Waals surface area contributed by atoms with Gasteiger partial charge in [-0.25, -0.2) is 15.0 Å². The third-order valence-electron chi connectivity index (χ3n) is 4.26. The number of aliphatic hydroxyl groups is 3. The lowest BCUT2D eigenvalue weighted by Gasteiger charge is -2.16. The van der Waals surface area contributed by atoms with Crippen molar-refractivity contribution < 1.29 is 24.8 Å². The van der Waals surface area contributed by atoms with Gasteiger partial charge in [0.25, 0.3) is 0 Å². The van der Waals surface area contributed by atoms with Crippen LogP contribution >= 0.6 is 0 Å². The molecule has 1 aliphatic heterocycles. The van der Waals surface area contributed by atoms with Crippen LogP contribution in [0.4, 0.5) is 5.82 Å². The highest BCUT2D eigenvalue weighted by atomic mass is 16.6. The fraction of sp³-hybridized carbons (Fsp3) is 0.688. The quantitative estimate of drug-likeness (QED) is 0.439. The molecule has 0 radical (unpaired) electrons. The minimum Gasteiger partial charge on any atom is -0.394 e. The van der Waals surface area contributed by atoms with E-state index in [4.69, 9.17) is 9.47 Å². The van der Waals surface area contributed by atoms with Gasteiger partial charge >= 0.3 is 0 Å². The molecule has 0 saturated carbocycles. The van der Waals surface area contributed by atoms with Crippen molar-refractivity contribution in [3.05, 3.63) is 12.7 Å². The van der Waals surface area contributed by atoms with Gasteiger partial charge in [0, 0.05) is 19.8 Å². The lowest BCUT2D eigenvalue weighted by molar-refractivity contribution is -0.0511. The molecule has 1 aliphatic rings. The van der Waals surface area contributed by atoms with Gasteiger partial charge in [-0.3, -0.25) is 4.57 Å². The second-order valence-corrected chi connectivity index (χ2v) is 6.17. The Morgan fingerprint density at radius 2 is 2.08 bits per heavy atom. The maximum Gasteiger partial charge on any atom is 0.167 e. The number of rotatable bonds is 9. The summed E-state index contributed by atoms with van der Waals surface area (Å²) < 4.78 is 12.5. The zero-order valence-corrected chi connectivity index (χ0v) is 14.7. The van der Waals surface area contributed by atoms with Crippen LogP contribution in [0.15, 0.2) is 12.7 Å². The highest BCUT2D eigenvalue weighted by Crippen LogP contribution is 2.31. The number of hydrogen-bond acceptors (Lipinski definition) is 9. The van der Waals surface area contributed by atoms with Gasteiger partial charge in [0.2, 0.25) is 0 Å². The van der Waals surface area contributed by atoms with Crippen LogP contribution in [-0.2, 0) is 9.47 Å². The third-order valence-corrected chi connectivity index (χ3v) is 4.26. The maximum absolute atomic E-state index is 10.2.